The molecule has 0 spiro atoms. The summed E-state index contributed by atoms with van der Waals surface area (Å²) in [6.07, 6.45) is 3.87. The average Bonchev–Trinajstić information content (AvgIpc) is 4.01. The van der Waals surface area contributed by atoms with E-state index in [4.69, 9.17) is 24.4 Å². The minimum atomic E-state index is -0.755. The van der Waals surface area contributed by atoms with Gasteiger partial charge in [-0.25, -0.2) is 0 Å². The molecule has 19 heteroatoms. The van der Waals surface area contributed by atoms with Crippen molar-refractivity contribution in [2.24, 2.45) is 22.7 Å². The van der Waals surface area contributed by atoms with Crippen LogP contribution in [0.4, 0.5) is 0 Å². The number of thioether (sulfide) groups is 2. The first-order chi connectivity index (χ1) is 35.5. The minimum Gasteiger partial charge on any atom is -0.367 e. The van der Waals surface area contributed by atoms with Crippen molar-refractivity contribution < 1.29 is 24.0 Å². The van der Waals surface area contributed by atoms with E-state index in [9.17, 15) is 14.4 Å². The van der Waals surface area contributed by atoms with Crippen molar-refractivity contribution in [3.05, 3.63) is 70.8 Å². The van der Waals surface area contributed by atoms with E-state index < -0.39 is 56.7 Å². The summed E-state index contributed by atoms with van der Waals surface area (Å²) in [5, 5.41) is 20.0. The maximum atomic E-state index is 15.0. The molecule has 5 heterocycles. The highest BCUT2D eigenvalue weighted by molar-refractivity contribution is 8.00. The van der Waals surface area contributed by atoms with Crippen LogP contribution in [0.15, 0.2) is 48.5 Å². The number of fused-ring (bicyclic) bond motifs is 4. The lowest BCUT2D eigenvalue weighted by molar-refractivity contribution is -0.145. The Labute approximate surface area is 464 Å². The molecule has 408 valence electrons. The molecule has 7 aliphatic rings. The highest BCUT2D eigenvalue weighted by Gasteiger charge is 2.62. The lowest BCUT2D eigenvalue weighted by Crippen LogP contribution is -2.60. The second-order valence-corrected chi connectivity index (χ2v) is 28.1. The highest BCUT2D eigenvalue weighted by atomic mass is 32.2. The Balaban J connectivity index is 0.878. The zero-order chi connectivity index (χ0) is 53.9. The van der Waals surface area contributed by atoms with Crippen LogP contribution in [-0.4, -0.2) is 163 Å². The van der Waals surface area contributed by atoms with Crippen molar-refractivity contribution in [3.63, 3.8) is 0 Å². The van der Waals surface area contributed by atoms with E-state index >= 15 is 9.59 Å². The quantitative estimate of drug-likeness (QED) is 0.149. The van der Waals surface area contributed by atoms with Crippen LogP contribution in [0.25, 0.3) is 0 Å². The van der Waals surface area contributed by atoms with Gasteiger partial charge in [0, 0.05) is 38.6 Å². The summed E-state index contributed by atoms with van der Waals surface area (Å²) in [7, 11) is 3.68. The van der Waals surface area contributed by atoms with Gasteiger partial charge in [-0.05, 0) is 125 Å². The van der Waals surface area contributed by atoms with Crippen LogP contribution >= 0.6 is 48.0 Å². The molecule has 2 aromatic carbocycles. The van der Waals surface area contributed by atoms with E-state index in [1.165, 1.54) is 5.56 Å². The van der Waals surface area contributed by atoms with Crippen LogP contribution in [0.2, 0.25) is 0 Å². The number of amides is 5. The van der Waals surface area contributed by atoms with Gasteiger partial charge in [-0.1, -0.05) is 101 Å². The molecule has 9 rings (SSSR count). The maximum Gasteiger partial charge on any atom is 0.246 e. The van der Waals surface area contributed by atoms with E-state index in [0.29, 0.717) is 68.3 Å². The second kappa shape index (κ2) is 21.8. The SMILES string of the molecule is CN[C@@H](C)C(=S)N[C@H]1CCS[C@@]2(C)CC(C)(C)[C@@H](C(=O)N[C@H]3c4ccccc4C[C@H]3CN3CCN(C(=O)[C@@H]4Cc5ccccc5[C@@H]4NC(=O)[C@H]4N5C(=O)[C@@H](NC(=S)[C@H](C)NC)CCS[C@@]5(C)CC4(C)C)CC3)N2C1=O. The van der Waals surface area contributed by atoms with Crippen LogP contribution in [0, 0.1) is 22.7 Å². The minimum absolute atomic E-state index is 0.0196. The number of likely N-dealkylation sites (N-methyl/N-ethyl adjacent to an activating group) is 2. The predicted molar refractivity (Wildman–Crippen MR) is 307 cm³/mol. The number of hydrogen-bond donors (Lipinski definition) is 6. The Morgan fingerprint density at radius 3 is 1.56 bits per heavy atom. The molecule has 5 saturated heterocycles. The van der Waals surface area contributed by atoms with Crippen LogP contribution in [0.1, 0.15) is 115 Å². The van der Waals surface area contributed by atoms with Crippen LogP contribution in [0.5, 0.6) is 0 Å². The molecule has 5 aliphatic heterocycles. The molecular weight excluding hydrogens is 1020 g/mol. The van der Waals surface area contributed by atoms with Crippen molar-refractivity contribution in [1.29, 1.82) is 0 Å². The van der Waals surface area contributed by atoms with Crippen LogP contribution in [0.3, 0.4) is 0 Å². The van der Waals surface area contributed by atoms with Gasteiger partial charge in [-0.15, -0.1) is 23.5 Å². The molecule has 2 aliphatic carbocycles. The van der Waals surface area contributed by atoms with Crippen molar-refractivity contribution >= 4 is 87.5 Å². The summed E-state index contributed by atoms with van der Waals surface area (Å²) in [5.41, 5.74) is 3.30. The number of thiocarbonyl (C=S) groups is 2. The van der Waals surface area contributed by atoms with E-state index in [1.54, 1.807) is 23.5 Å². The van der Waals surface area contributed by atoms with Gasteiger partial charge in [0.15, 0.2) is 0 Å². The molecule has 0 bridgehead atoms. The van der Waals surface area contributed by atoms with Gasteiger partial charge in [-0.2, -0.15) is 0 Å². The summed E-state index contributed by atoms with van der Waals surface area (Å²) in [5.74, 6) is 0.535. The number of hydrogen-bond acceptors (Lipinski definition) is 12. The molecule has 5 amide bonds. The first kappa shape index (κ1) is 55.9. The largest absolute Gasteiger partial charge is 0.367 e. The maximum absolute atomic E-state index is 15.0. The van der Waals surface area contributed by atoms with Crippen LogP contribution < -0.4 is 31.9 Å². The predicted octanol–water partition coefficient (Wildman–Crippen LogP) is 4.94. The fourth-order valence-electron chi connectivity index (χ4n) is 13.9. The van der Waals surface area contributed by atoms with Gasteiger partial charge in [0.25, 0.3) is 0 Å². The molecule has 2 aromatic rings. The number of benzene rings is 2. The number of carbonyl (C=O) groups excluding carboxylic acids is 5. The Morgan fingerprint density at radius 1 is 0.640 bits per heavy atom. The zero-order valence-corrected chi connectivity index (χ0v) is 48.8. The smallest absolute Gasteiger partial charge is 0.246 e. The molecule has 15 nitrogen and oxygen atoms in total. The molecule has 12 atom stereocenters. The fourth-order valence-corrected chi connectivity index (χ4v) is 17.7. The van der Waals surface area contributed by atoms with Gasteiger partial charge in [-0.3, -0.25) is 28.9 Å². The Kier molecular flexibility index (Phi) is 16.2. The molecule has 5 fully saturated rings. The van der Waals surface area contributed by atoms with E-state index in [1.807, 2.05) is 66.9 Å². The molecule has 6 N–H and O–H groups in total. The molecule has 0 unspecified atom stereocenters. The summed E-state index contributed by atoms with van der Waals surface area (Å²) in [6.45, 7) is 19.6. The summed E-state index contributed by atoms with van der Waals surface area (Å²) in [4.78, 5) is 82.4. The highest BCUT2D eigenvalue weighted by Crippen LogP contribution is 2.55. The summed E-state index contributed by atoms with van der Waals surface area (Å²) < 4.78 is 0. The number of rotatable bonds is 13. The first-order valence-electron chi connectivity index (χ1n) is 27.2. The molecule has 0 radical (unpaired) electrons. The zero-order valence-electron chi connectivity index (χ0n) is 45.5. The second-order valence-electron chi connectivity index (χ2n) is 24.1. The van der Waals surface area contributed by atoms with Gasteiger partial charge < -0.3 is 46.6 Å². The number of nitrogens with zero attached hydrogens (tertiary/aromatic N) is 4. The summed E-state index contributed by atoms with van der Waals surface area (Å²) in [6, 6.07) is 12.9. The fraction of sp³-hybridized carbons (Fsp3) is 0.661. The molecule has 75 heavy (non-hydrogen) atoms. The summed E-state index contributed by atoms with van der Waals surface area (Å²) >= 11 is 14.9. The lowest BCUT2D eigenvalue weighted by atomic mass is 9.82. The number of carbonyl (C=O) groups is 5. The standard InChI is InChI=1S/C56H80N10O5S4/c1-32(57-9)48(72)59-40-19-25-74-55(7)30-53(3,4)44(65(55)51(40)70)46(67)61-42-36(27-34-15-11-13-17-37(34)42)29-63-21-23-64(24-22-63)50(69)39-28-35-16-12-14-18-38(35)43(39)62-47(68)45-54(5,6)31-56(8)66(45)52(71)41(20-26-75-56)60-49(73)33(2)58-10/h11-18,32-33,36,39-45,57-58H,19-31H2,1-10H3,(H,59,72)(H,60,73)(H,61,67)(H,62,68)/t32-,33-,36-,39+,40-,41-,42+,43-,44+,45+,55-,56-/m0/s1. The molecule has 0 aromatic heterocycles. The van der Waals surface area contributed by atoms with E-state index in [-0.39, 0.29) is 53.6 Å². The average molecular weight is 1100 g/mol. The van der Waals surface area contributed by atoms with Crippen molar-refractivity contribution in [2.45, 2.75) is 152 Å². The van der Waals surface area contributed by atoms with Crippen LogP contribution in [-0.2, 0) is 36.8 Å². The Hall–Kier alpha value is -3.85. The van der Waals surface area contributed by atoms with Gasteiger partial charge >= 0.3 is 0 Å². The molecular formula is C56H80N10O5S4. The van der Waals surface area contributed by atoms with Crippen molar-refractivity contribution in [1.82, 2.24) is 51.5 Å². The Bertz CT molecular complexity index is 2580. The first-order valence-corrected chi connectivity index (χ1v) is 30.0. The number of nitrogens with one attached hydrogen (secondary N) is 6. The monoisotopic (exact) mass is 1100 g/mol. The third-order valence-corrected chi connectivity index (χ3v) is 21.5. The number of piperazine rings is 1. The van der Waals surface area contributed by atoms with Gasteiger partial charge in [0.2, 0.25) is 29.5 Å². The third-order valence-electron chi connectivity index (χ3n) is 17.7. The normalized spacial score (nSPS) is 32.7. The van der Waals surface area contributed by atoms with Crippen molar-refractivity contribution in [2.75, 3.05) is 58.3 Å². The van der Waals surface area contributed by atoms with Gasteiger partial charge in [0.05, 0.1) is 49.8 Å². The third kappa shape index (κ3) is 10.7. The van der Waals surface area contributed by atoms with Crippen molar-refractivity contribution in [3.8, 4) is 0 Å². The van der Waals surface area contributed by atoms with E-state index in [0.717, 1.165) is 41.2 Å². The Morgan fingerprint density at radius 2 is 1.08 bits per heavy atom. The van der Waals surface area contributed by atoms with E-state index in [2.05, 4.69) is 103 Å². The lowest BCUT2D eigenvalue weighted by Gasteiger charge is -2.40. The topological polar surface area (TPSA) is 170 Å². The van der Waals surface area contributed by atoms with Gasteiger partial charge in [0.1, 0.15) is 24.2 Å². The molecule has 0 saturated carbocycles.